The molecule has 1 fully saturated rings. The van der Waals surface area contributed by atoms with Crippen LogP contribution >= 0.6 is 24.0 Å². The van der Waals surface area contributed by atoms with Crippen LogP contribution in [0, 0.1) is 0 Å². The molecule has 0 bridgehead atoms. The molecule has 2 atom stereocenters. The summed E-state index contributed by atoms with van der Waals surface area (Å²) in [4.78, 5) is 38.6. The second kappa shape index (κ2) is 8.88. The van der Waals surface area contributed by atoms with Crippen molar-refractivity contribution in [3.8, 4) is 0 Å². The van der Waals surface area contributed by atoms with Crippen LogP contribution in [-0.4, -0.2) is 50.7 Å². The summed E-state index contributed by atoms with van der Waals surface area (Å²) in [5.74, 6) is -0.392. The van der Waals surface area contributed by atoms with Gasteiger partial charge in [0.25, 0.3) is 0 Å². The molecule has 0 radical (unpaired) electrons. The molecule has 1 saturated heterocycles. The Bertz CT molecular complexity index is 1320. The van der Waals surface area contributed by atoms with E-state index >= 15 is 0 Å². The van der Waals surface area contributed by atoms with Crippen LogP contribution in [0.15, 0.2) is 42.0 Å². The molecule has 5 heterocycles. The number of rotatable bonds is 4. The highest BCUT2D eigenvalue weighted by Crippen LogP contribution is 2.41. The third-order valence-corrected chi connectivity index (χ3v) is 8.50. The lowest BCUT2D eigenvalue weighted by Gasteiger charge is -2.32. The Morgan fingerprint density at radius 2 is 2.09 bits per heavy atom. The Morgan fingerprint density at radius 1 is 1.18 bits per heavy atom. The minimum Gasteiger partial charge on any atom is -0.295 e. The van der Waals surface area contributed by atoms with E-state index in [1.54, 1.807) is 17.7 Å². The highest BCUT2D eigenvalue weighted by molar-refractivity contribution is 7.80. The zero-order valence-corrected chi connectivity index (χ0v) is 20.3. The maximum Gasteiger partial charge on any atom is 0.243 e. The van der Waals surface area contributed by atoms with Crippen LogP contribution in [0.2, 0.25) is 0 Å². The van der Waals surface area contributed by atoms with Crippen molar-refractivity contribution in [2.75, 3.05) is 13.1 Å². The van der Waals surface area contributed by atoms with E-state index in [0.29, 0.717) is 19.4 Å². The summed E-state index contributed by atoms with van der Waals surface area (Å²) in [5.41, 5.74) is 6.06. The quantitative estimate of drug-likeness (QED) is 0.430. The Balaban J connectivity index is 1.18. The van der Waals surface area contributed by atoms with Gasteiger partial charge in [-0.2, -0.15) is 12.6 Å². The van der Waals surface area contributed by atoms with E-state index in [4.69, 9.17) is 12.6 Å². The van der Waals surface area contributed by atoms with Gasteiger partial charge in [0.1, 0.15) is 11.2 Å². The highest BCUT2D eigenvalue weighted by Gasteiger charge is 2.39. The van der Waals surface area contributed by atoms with Gasteiger partial charge in [0.2, 0.25) is 11.8 Å². The van der Waals surface area contributed by atoms with Crippen molar-refractivity contribution in [1.29, 1.82) is 0 Å². The van der Waals surface area contributed by atoms with Crippen molar-refractivity contribution in [1.82, 2.24) is 25.1 Å². The van der Waals surface area contributed by atoms with E-state index in [1.165, 1.54) is 22.3 Å². The molecule has 7 nitrogen and oxygen atoms in total. The van der Waals surface area contributed by atoms with Gasteiger partial charge in [-0.25, -0.2) is 9.97 Å². The first kappa shape index (κ1) is 21.9. The maximum absolute atomic E-state index is 12.5. The van der Waals surface area contributed by atoms with E-state index in [9.17, 15) is 9.59 Å². The predicted molar refractivity (Wildman–Crippen MR) is 135 cm³/mol. The Hall–Kier alpha value is -2.59. The molecule has 0 spiro atoms. The molecule has 34 heavy (non-hydrogen) atoms. The lowest BCUT2D eigenvalue weighted by atomic mass is 10.00. The van der Waals surface area contributed by atoms with Crippen LogP contribution in [0.3, 0.4) is 0 Å². The third-order valence-electron chi connectivity index (χ3n) is 7.11. The summed E-state index contributed by atoms with van der Waals surface area (Å²) in [5, 5.41) is 5.55. The second-order valence-corrected chi connectivity index (χ2v) is 10.5. The standard InChI is InChI=1S/C25H25N5O2S2/c31-21-5-4-20(23(32)28-21)30-13-19-16(2-1-3-17(19)25(30)33)12-29-9-6-15(7-10-29)22-18-8-11-34-24(18)27-14-26-22/h1-3,6,8,11,14,20,25,33H,4-5,7,9-10,12-13H2,(H,28,31,32). The number of carbonyl (C=O) groups excluding carboxylic acids is 2. The number of nitrogens with zero attached hydrogens (tertiary/aromatic N) is 4. The molecule has 3 aromatic rings. The van der Waals surface area contributed by atoms with Crippen molar-refractivity contribution in [3.63, 3.8) is 0 Å². The SMILES string of the molecule is O=C1CCC(N2Cc3c(CN4CC=C(c5ncnc6sccc56)CC4)cccc3C2S)C(=O)N1. The minimum atomic E-state index is -0.317. The number of piperidine rings is 1. The number of hydrogen-bond acceptors (Lipinski definition) is 8. The van der Waals surface area contributed by atoms with Crippen LogP contribution in [0.1, 0.15) is 47.0 Å². The highest BCUT2D eigenvalue weighted by atomic mass is 32.1. The Morgan fingerprint density at radius 3 is 2.91 bits per heavy atom. The van der Waals surface area contributed by atoms with Crippen molar-refractivity contribution >= 4 is 51.6 Å². The normalized spacial score (nSPS) is 23.7. The summed E-state index contributed by atoms with van der Waals surface area (Å²) in [6.07, 6.45) is 5.84. The first-order valence-corrected chi connectivity index (χ1v) is 13.0. The van der Waals surface area contributed by atoms with Gasteiger partial charge in [0, 0.05) is 38.0 Å². The average Bonchev–Trinajstić information content (AvgIpc) is 3.45. The van der Waals surface area contributed by atoms with Gasteiger partial charge >= 0.3 is 0 Å². The molecule has 2 aromatic heterocycles. The summed E-state index contributed by atoms with van der Waals surface area (Å²) >= 11 is 6.51. The topological polar surface area (TPSA) is 78.4 Å². The van der Waals surface area contributed by atoms with Gasteiger partial charge in [0.05, 0.1) is 17.1 Å². The van der Waals surface area contributed by atoms with Gasteiger partial charge in [-0.3, -0.25) is 24.7 Å². The summed E-state index contributed by atoms with van der Waals surface area (Å²) in [6.45, 7) is 3.37. The van der Waals surface area contributed by atoms with Crippen molar-refractivity contribution < 1.29 is 9.59 Å². The number of carbonyl (C=O) groups is 2. The third kappa shape index (κ3) is 3.86. The summed E-state index contributed by atoms with van der Waals surface area (Å²) < 4.78 is 0. The van der Waals surface area contributed by atoms with Gasteiger partial charge in [-0.1, -0.05) is 24.3 Å². The van der Waals surface area contributed by atoms with Crippen LogP contribution < -0.4 is 5.32 Å². The number of thiophene rings is 1. The molecule has 3 aliphatic rings. The van der Waals surface area contributed by atoms with Crippen LogP contribution in [0.4, 0.5) is 0 Å². The average molecular weight is 492 g/mol. The molecule has 2 amide bonds. The Kier molecular flexibility index (Phi) is 5.73. The van der Waals surface area contributed by atoms with Gasteiger partial charge in [-0.05, 0) is 46.6 Å². The predicted octanol–water partition coefficient (Wildman–Crippen LogP) is 3.53. The molecule has 3 aliphatic heterocycles. The number of imide groups is 1. The molecule has 6 rings (SSSR count). The lowest BCUT2D eigenvalue weighted by molar-refractivity contribution is -0.137. The molecule has 174 valence electrons. The smallest absolute Gasteiger partial charge is 0.243 e. The Labute approximate surface area is 207 Å². The fraction of sp³-hybridized carbons (Fsp3) is 0.360. The summed E-state index contributed by atoms with van der Waals surface area (Å²) in [7, 11) is 0. The van der Waals surface area contributed by atoms with E-state index in [-0.39, 0.29) is 23.2 Å². The first-order valence-electron chi connectivity index (χ1n) is 11.6. The molecular formula is C25H25N5O2S2. The van der Waals surface area contributed by atoms with E-state index in [2.05, 4.69) is 60.8 Å². The number of amides is 2. The van der Waals surface area contributed by atoms with Gasteiger partial charge < -0.3 is 0 Å². The van der Waals surface area contributed by atoms with Gasteiger partial charge in [-0.15, -0.1) is 11.3 Å². The minimum absolute atomic E-state index is 0.141. The van der Waals surface area contributed by atoms with E-state index < -0.39 is 0 Å². The first-order chi connectivity index (χ1) is 16.6. The molecule has 0 saturated carbocycles. The fourth-order valence-electron chi connectivity index (χ4n) is 5.32. The molecule has 1 aromatic carbocycles. The summed E-state index contributed by atoms with van der Waals surface area (Å²) in [6, 6.07) is 8.18. The van der Waals surface area contributed by atoms with Crippen LogP contribution in [0.5, 0.6) is 0 Å². The number of fused-ring (bicyclic) bond motifs is 2. The number of thiol groups is 1. The molecule has 1 N–H and O–H groups in total. The zero-order chi connectivity index (χ0) is 23.2. The largest absolute Gasteiger partial charge is 0.295 e. The number of aromatic nitrogens is 2. The van der Waals surface area contributed by atoms with Crippen molar-refractivity contribution in [3.05, 3.63) is 64.4 Å². The number of hydrogen-bond donors (Lipinski definition) is 2. The van der Waals surface area contributed by atoms with E-state index in [0.717, 1.165) is 42.0 Å². The molecule has 9 heteroatoms. The van der Waals surface area contributed by atoms with Gasteiger partial charge in [0.15, 0.2) is 0 Å². The van der Waals surface area contributed by atoms with Crippen molar-refractivity contribution in [2.24, 2.45) is 0 Å². The zero-order valence-electron chi connectivity index (χ0n) is 18.6. The second-order valence-electron chi connectivity index (χ2n) is 9.07. The number of nitrogens with one attached hydrogen (secondary N) is 1. The van der Waals surface area contributed by atoms with Crippen molar-refractivity contribution in [2.45, 2.75) is 43.8 Å². The van der Waals surface area contributed by atoms with Crippen LogP contribution in [0.25, 0.3) is 15.8 Å². The number of benzene rings is 1. The van der Waals surface area contributed by atoms with Crippen LogP contribution in [-0.2, 0) is 22.7 Å². The monoisotopic (exact) mass is 491 g/mol. The fourth-order valence-corrected chi connectivity index (χ4v) is 6.54. The molecular weight excluding hydrogens is 466 g/mol. The maximum atomic E-state index is 12.5. The lowest BCUT2D eigenvalue weighted by Crippen LogP contribution is -2.51. The molecule has 0 aliphatic carbocycles. The van der Waals surface area contributed by atoms with E-state index in [1.807, 2.05) is 0 Å². The molecule has 2 unspecified atom stereocenters.